The van der Waals surface area contributed by atoms with Gasteiger partial charge in [-0.3, -0.25) is 9.48 Å². The van der Waals surface area contributed by atoms with Gasteiger partial charge in [-0.25, -0.2) is 0 Å². The van der Waals surface area contributed by atoms with Crippen molar-refractivity contribution in [2.75, 3.05) is 23.3 Å². The zero-order chi connectivity index (χ0) is 25.4. The highest BCUT2D eigenvalue weighted by Crippen LogP contribution is 2.32. The second-order valence-corrected chi connectivity index (χ2v) is 9.44. The van der Waals surface area contributed by atoms with E-state index in [0.29, 0.717) is 47.3 Å². The maximum absolute atomic E-state index is 13.0. The van der Waals surface area contributed by atoms with Gasteiger partial charge in [0.1, 0.15) is 11.1 Å². The molecule has 2 unspecified atom stereocenters. The molecule has 186 valence electrons. The summed E-state index contributed by atoms with van der Waals surface area (Å²) in [7, 11) is 1.84. The van der Waals surface area contributed by atoms with Crippen molar-refractivity contribution in [3.8, 4) is 11.6 Å². The Balaban J connectivity index is 1.47. The number of benzene rings is 2. The summed E-state index contributed by atoms with van der Waals surface area (Å²) in [4.78, 5) is 24.5. The molecule has 9 nitrogen and oxygen atoms in total. The summed E-state index contributed by atoms with van der Waals surface area (Å²) >= 11 is 0. The van der Waals surface area contributed by atoms with Gasteiger partial charge in [-0.15, -0.1) is 0 Å². The van der Waals surface area contributed by atoms with E-state index in [1.54, 1.807) is 16.8 Å². The predicted molar refractivity (Wildman–Crippen MR) is 139 cm³/mol. The number of carbonyl (C=O) groups is 1. The molecule has 0 bridgehead atoms. The third-order valence-electron chi connectivity index (χ3n) is 6.08. The van der Waals surface area contributed by atoms with Crippen molar-refractivity contribution < 1.29 is 14.3 Å². The first-order chi connectivity index (χ1) is 17.2. The van der Waals surface area contributed by atoms with Gasteiger partial charge in [-0.05, 0) is 63.1 Å². The molecule has 0 spiro atoms. The number of aromatic nitrogens is 4. The number of amides is 1. The van der Waals surface area contributed by atoms with Crippen molar-refractivity contribution in [1.82, 2.24) is 19.7 Å². The molecule has 1 amide bonds. The van der Waals surface area contributed by atoms with Crippen molar-refractivity contribution in [1.29, 1.82) is 0 Å². The molecule has 0 radical (unpaired) electrons. The molecule has 5 rings (SSSR count). The summed E-state index contributed by atoms with van der Waals surface area (Å²) in [5.74, 6) is 1.28. The van der Waals surface area contributed by atoms with Crippen LogP contribution in [0.1, 0.15) is 35.3 Å². The molecule has 2 aromatic heterocycles. The number of fused-ring (bicyclic) bond motifs is 1. The molecule has 1 N–H and O–H groups in total. The van der Waals surface area contributed by atoms with E-state index < -0.39 is 0 Å². The molecule has 1 saturated heterocycles. The fourth-order valence-electron chi connectivity index (χ4n) is 4.42. The van der Waals surface area contributed by atoms with Gasteiger partial charge in [0.15, 0.2) is 5.65 Å². The molecule has 36 heavy (non-hydrogen) atoms. The highest BCUT2D eigenvalue weighted by Gasteiger charge is 2.26. The van der Waals surface area contributed by atoms with Gasteiger partial charge >= 0.3 is 0 Å². The Bertz CT molecular complexity index is 1420. The minimum atomic E-state index is -0.211. The summed E-state index contributed by atoms with van der Waals surface area (Å²) in [5.41, 5.74) is 3.74. The van der Waals surface area contributed by atoms with E-state index in [1.807, 2.05) is 71.3 Å². The lowest BCUT2D eigenvalue weighted by Gasteiger charge is -2.35. The number of carbonyl (C=O) groups excluding carboxylic acids is 1. The zero-order valence-electron chi connectivity index (χ0n) is 21.1. The second-order valence-electron chi connectivity index (χ2n) is 9.44. The summed E-state index contributed by atoms with van der Waals surface area (Å²) < 4.78 is 13.9. The monoisotopic (exact) mass is 486 g/mol. The maximum atomic E-state index is 13.0. The minimum absolute atomic E-state index is 0.0620. The lowest BCUT2D eigenvalue weighted by atomic mass is 10.1. The van der Waals surface area contributed by atoms with Gasteiger partial charge in [-0.2, -0.15) is 15.1 Å². The molecule has 2 atom stereocenters. The fraction of sp³-hybridized carbons (Fsp3) is 0.333. The average Bonchev–Trinajstić information content (AvgIpc) is 3.20. The largest absolute Gasteiger partial charge is 0.438 e. The Morgan fingerprint density at radius 1 is 1.08 bits per heavy atom. The van der Waals surface area contributed by atoms with Crippen LogP contribution in [0.2, 0.25) is 0 Å². The number of morpholine rings is 1. The van der Waals surface area contributed by atoms with Crippen molar-refractivity contribution in [2.45, 2.75) is 39.9 Å². The normalized spacial score (nSPS) is 17.9. The van der Waals surface area contributed by atoms with Crippen LogP contribution in [0.3, 0.4) is 0 Å². The Kier molecular flexibility index (Phi) is 6.32. The average molecular weight is 487 g/mol. The number of ether oxygens (including phenoxy) is 2. The third-order valence-corrected chi connectivity index (χ3v) is 6.08. The maximum Gasteiger partial charge on any atom is 0.255 e. The molecule has 1 aliphatic rings. The number of nitrogens with one attached hydrogen (secondary N) is 1. The molecule has 0 saturated carbocycles. The quantitative estimate of drug-likeness (QED) is 0.439. The highest BCUT2D eigenvalue weighted by atomic mass is 16.5. The highest BCUT2D eigenvalue weighted by molar-refractivity contribution is 6.04. The summed E-state index contributed by atoms with van der Waals surface area (Å²) in [6, 6.07) is 13.1. The second kappa shape index (κ2) is 9.58. The van der Waals surface area contributed by atoms with Gasteiger partial charge in [0, 0.05) is 37.6 Å². The van der Waals surface area contributed by atoms with Gasteiger partial charge in [0.25, 0.3) is 5.91 Å². The van der Waals surface area contributed by atoms with Gasteiger partial charge in [-0.1, -0.05) is 18.2 Å². The molecule has 4 aromatic rings. The molecular formula is C27H30N6O3. The summed E-state index contributed by atoms with van der Waals surface area (Å²) in [5, 5.41) is 8.14. The van der Waals surface area contributed by atoms with Crippen molar-refractivity contribution in [3.05, 3.63) is 65.4 Å². The van der Waals surface area contributed by atoms with Crippen LogP contribution in [0.25, 0.3) is 11.0 Å². The molecule has 1 fully saturated rings. The van der Waals surface area contributed by atoms with E-state index >= 15 is 0 Å². The fourth-order valence-corrected chi connectivity index (χ4v) is 4.42. The third kappa shape index (κ3) is 5.01. The van der Waals surface area contributed by atoms with Crippen LogP contribution < -0.4 is 15.0 Å². The van der Waals surface area contributed by atoms with E-state index in [4.69, 9.17) is 19.4 Å². The van der Waals surface area contributed by atoms with Crippen molar-refractivity contribution in [2.24, 2.45) is 7.05 Å². The summed E-state index contributed by atoms with van der Waals surface area (Å²) in [6.07, 6.45) is 1.96. The van der Waals surface area contributed by atoms with Crippen LogP contribution in [0, 0.1) is 13.8 Å². The summed E-state index contributed by atoms with van der Waals surface area (Å²) in [6.45, 7) is 9.35. The molecule has 1 aliphatic heterocycles. The molecule has 2 aromatic carbocycles. The van der Waals surface area contributed by atoms with Crippen LogP contribution in [0.4, 0.5) is 11.6 Å². The van der Waals surface area contributed by atoms with E-state index in [0.717, 1.165) is 16.8 Å². The van der Waals surface area contributed by atoms with E-state index in [-0.39, 0.29) is 18.1 Å². The Morgan fingerprint density at radius 2 is 1.86 bits per heavy atom. The number of hydrogen-bond donors (Lipinski definition) is 1. The van der Waals surface area contributed by atoms with Gasteiger partial charge in [0.2, 0.25) is 11.8 Å². The lowest BCUT2D eigenvalue weighted by molar-refractivity contribution is -0.00573. The first-order valence-corrected chi connectivity index (χ1v) is 12.0. The van der Waals surface area contributed by atoms with Crippen LogP contribution in [-0.2, 0) is 11.8 Å². The SMILES string of the molecule is Cc1cccc(NC(=O)c2ccc(C)c(Oc3nc(N4CC(C)OC(C)C4)nc4nn(C)cc34)c2)c1. The van der Waals surface area contributed by atoms with Crippen molar-refractivity contribution in [3.63, 3.8) is 0 Å². The van der Waals surface area contributed by atoms with E-state index in [1.165, 1.54) is 0 Å². The van der Waals surface area contributed by atoms with E-state index in [9.17, 15) is 4.79 Å². The Hall–Kier alpha value is -3.98. The van der Waals surface area contributed by atoms with Crippen molar-refractivity contribution >= 4 is 28.6 Å². The Labute approximate surface area is 210 Å². The van der Waals surface area contributed by atoms with Gasteiger partial charge < -0.3 is 19.7 Å². The van der Waals surface area contributed by atoms with Crippen LogP contribution in [-0.4, -0.2) is 51.0 Å². The Morgan fingerprint density at radius 3 is 2.61 bits per heavy atom. The first kappa shape index (κ1) is 23.7. The standard InChI is InChI=1S/C27H30N6O3/c1-16-7-6-8-21(11-16)28-25(34)20-10-9-17(2)23(12-20)36-26-22-15-32(5)31-24(22)29-27(30-26)33-13-18(3)35-19(4)14-33/h6-12,15,18-19H,13-14H2,1-5H3,(H,28,34). The van der Waals surface area contributed by atoms with Crippen LogP contribution in [0.5, 0.6) is 11.6 Å². The lowest BCUT2D eigenvalue weighted by Crippen LogP contribution is -2.46. The minimum Gasteiger partial charge on any atom is -0.438 e. The van der Waals surface area contributed by atoms with Crippen LogP contribution in [0.15, 0.2) is 48.7 Å². The zero-order valence-corrected chi connectivity index (χ0v) is 21.1. The number of aryl methyl sites for hydroxylation is 3. The van der Waals surface area contributed by atoms with Crippen LogP contribution >= 0.6 is 0 Å². The number of nitrogens with zero attached hydrogens (tertiary/aromatic N) is 5. The molecule has 0 aliphatic carbocycles. The number of hydrogen-bond acceptors (Lipinski definition) is 7. The molecule has 9 heteroatoms. The first-order valence-electron chi connectivity index (χ1n) is 12.0. The van der Waals surface area contributed by atoms with Gasteiger partial charge in [0.05, 0.1) is 12.2 Å². The molecule has 3 heterocycles. The smallest absolute Gasteiger partial charge is 0.255 e. The number of anilines is 2. The van der Waals surface area contributed by atoms with E-state index in [2.05, 4.69) is 15.3 Å². The molecular weight excluding hydrogens is 456 g/mol. The predicted octanol–water partition coefficient (Wildman–Crippen LogP) is 4.64. The number of rotatable bonds is 5. The topological polar surface area (TPSA) is 94.4 Å².